The number of rotatable bonds is 3. The van der Waals surface area contributed by atoms with Crippen LogP contribution in [0.15, 0.2) is 30.3 Å². The number of carbonyl (C=O) groups is 1. The highest BCUT2D eigenvalue weighted by molar-refractivity contribution is 7.15. The number of amides is 1. The molecule has 0 radical (unpaired) electrons. The molecule has 2 aromatic rings. The predicted octanol–water partition coefficient (Wildman–Crippen LogP) is 2.20. The van der Waals surface area contributed by atoms with Crippen LogP contribution in [0, 0.1) is 6.92 Å². The van der Waals surface area contributed by atoms with E-state index in [2.05, 4.69) is 4.98 Å². The number of carbonyl (C=O) groups excluding carboxylic acids is 1. The van der Waals surface area contributed by atoms with Crippen LogP contribution in [0.3, 0.4) is 0 Å². The molecule has 1 aromatic heterocycles. The van der Waals surface area contributed by atoms with Gasteiger partial charge in [0, 0.05) is 16.5 Å². The molecule has 1 amide bonds. The summed E-state index contributed by atoms with van der Waals surface area (Å²) in [5.41, 5.74) is 13.5. The first kappa shape index (κ1) is 12.3. The second-order valence-corrected chi connectivity index (χ2v) is 5.05. The van der Waals surface area contributed by atoms with Crippen molar-refractivity contribution in [3.05, 3.63) is 40.8 Å². The number of hydrogen-bond donors (Lipinski definition) is 2. The van der Waals surface area contributed by atoms with Gasteiger partial charge in [-0.1, -0.05) is 24.3 Å². The summed E-state index contributed by atoms with van der Waals surface area (Å²) in [7, 11) is 0. The van der Waals surface area contributed by atoms with Crippen molar-refractivity contribution in [3.8, 4) is 11.3 Å². The van der Waals surface area contributed by atoms with Crippen molar-refractivity contribution in [2.45, 2.75) is 6.92 Å². The first-order valence-electron chi connectivity index (χ1n) is 5.37. The van der Waals surface area contributed by atoms with Gasteiger partial charge in [0.15, 0.2) is 5.13 Å². The third-order valence-corrected chi connectivity index (χ3v) is 3.24. The van der Waals surface area contributed by atoms with Gasteiger partial charge in [0.1, 0.15) is 0 Å². The minimum atomic E-state index is -0.456. The fourth-order valence-electron chi connectivity index (χ4n) is 1.62. The second-order valence-electron chi connectivity index (χ2n) is 3.81. The van der Waals surface area contributed by atoms with Crippen LogP contribution < -0.4 is 11.5 Å². The van der Waals surface area contributed by atoms with Gasteiger partial charge in [-0.25, -0.2) is 4.98 Å². The van der Waals surface area contributed by atoms with E-state index in [9.17, 15) is 4.79 Å². The van der Waals surface area contributed by atoms with Gasteiger partial charge in [0.2, 0.25) is 5.91 Å². The Morgan fingerprint density at radius 1 is 1.33 bits per heavy atom. The van der Waals surface area contributed by atoms with E-state index in [0.717, 1.165) is 21.7 Å². The molecule has 4 N–H and O–H groups in total. The molecule has 1 heterocycles. The molecule has 0 unspecified atom stereocenters. The highest BCUT2D eigenvalue weighted by atomic mass is 32.1. The van der Waals surface area contributed by atoms with Crippen LogP contribution in [-0.4, -0.2) is 10.9 Å². The Morgan fingerprint density at radius 3 is 2.50 bits per heavy atom. The van der Waals surface area contributed by atoms with Crippen LogP contribution in [0.2, 0.25) is 0 Å². The topological polar surface area (TPSA) is 82.0 Å². The first-order chi connectivity index (χ1) is 8.56. The lowest BCUT2D eigenvalue weighted by Crippen LogP contribution is -2.04. The maximum Gasteiger partial charge on any atom is 0.241 e. The van der Waals surface area contributed by atoms with Crippen LogP contribution in [0.4, 0.5) is 5.13 Å². The van der Waals surface area contributed by atoms with Gasteiger partial charge in [-0.2, -0.15) is 0 Å². The third-order valence-electron chi connectivity index (χ3n) is 2.44. The summed E-state index contributed by atoms with van der Waals surface area (Å²) in [6.45, 7) is 1.99. The Balaban J connectivity index is 2.27. The number of hydrogen-bond acceptors (Lipinski definition) is 4. The smallest absolute Gasteiger partial charge is 0.241 e. The lowest BCUT2D eigenvalue weighted by atomic mass is 10.1. The molecule has 0 aliphatic rings. The Kier molecular flexibility index (Phi) is 3.43. The highest BCUT2D eigenvalue weighted by Gasteiger charge is 2.07. The van der Waals surface area contributed by atoms with Gasteiger partial charge >= 0.3 is 0 Å². The molecule has 0 bridgehead atoms. The normalized spacial score (nSPS) is 10.9. The van der Waals surface area contributed by atoms with E-state index in [1.54, 1.807) is 6.08 Å². The van der Waals surface area contributed by atoms with Crippen LogP contribution in [0.5, 0.6) is 0 Å². The molecule has 18 heavy (non-hydrogen) atoms. The van der Waals surface area contributed by atoms with Gasteiger partial charge in [0.05, 0.1) is 5.69 Å². The molecule has 2 rings (SSSR count). The summed E-state index contributed by atoms with van der Waals surface area (Å²) in [5.74, 6) is -0.456. The Labute approximate surface area is 109 Å². The minimum absolute atomic E-state index is 0.456. The number of nitrogen functional groups attached to an aromatic ring is 1. The third kappa shape index (κ3) is 2.75. The zero-order chi connectivity index (χ0) is 13.1. The van der Waals surface area contributed by atoms with Crippen molar-refractivity contribution in [3.63, 3.8) is 0 Å². The monoisotopic (exact) mass is 259 g/mol. The van der Waals surface area contributed by atoms with Gasteiger partial charge in [-0.05, 0) is 18.6 Å². The van der Waals surface area contributed by atoms with E-state index in [-0.39, 0.29) is 0 Å². The molecule has 0 aliphatic heterocycles. The minimum Gasteiger partial charge on any atom is -0.375 e. The fourth-order valence-corrected chi connectivity index (χ4v) is 2.33. The largest absolute Gasteiger partial charge is 0.375 e. The maximum atomic E-state index is 10.6. The number of nitrogens with two attached hydrogens (primary N) is 2. The molecule has 0 aliphatic carbocycles. The predicted molar refractivity (Wildman–Crippen MR) is 74.9 cm³/mol. The zero-order valence-electron chi connectivity index (χ0n) is 9.88. The molecule has 0 spiro atoms. The van der Waals surface area contributed by atoms with E-state index in [4.69, 9.17) is 11.5 Å². The average Bonchev–Trinajstić information content (AvgIpc) is 2.66. The van der Waals surface area contributed by atoms with E-state index >= 15 is 0 Å². The van der Waals surface area contributed by atoms with Crippen LogP contribution in [0.1, 0.15) is 10.4 Å². The summed E-state index contributed by atoms with van der Waals surface area (Å²) in [6, 6.07) is 7.71. The van der Waals surface area contributed by atoms with Crippen molar-refractivity contribution in [1.82, 2.24) is 4.98 Å². The number of benzene rings is 1. The highest BCUT2D eigenvalue weighted by Crippen LogP contribution is 2.28. The van der Waals surface area contributed by atoms with E-state index < -0.39 is 5.91 Å². The van der Waals surface area contributed by atoms with Gasteiger partial charge in [0.25, 0.3) is 0 Å². The number of thiazole rings is 1. The van der Waals surface area contributed by atoms with Crippen molar-refractivity contribution < 1.29 is 4.79 Å². The number of anilines is 1. The number of aromatic nitrogens is 1. The maximum absolute atomic E-state index is 10.6. The molecule has 92 valence electrons. The van der Waals surface area contributed by atoms with Crippen molar-refractivity contribution in [2.24, 2.45) is 5.73 Å². The lowest BCUT2D eigenvalue weighted by molar-refractivity contribution is -0.113. The van der Waals surface area contributed by atoms with Crippen molar-refractivity contribution in [1.29, 1.82) is 0 Å². The number of primary amides is 1. The van der Waals surface area contributed by atoms with E-state index in [1.807, 2.05) is 31.2 Å². The molecule has 0 saturated carbocycles. The van der Waals surface area contributed by atoms with Crippen molar-refractivity contribution in [2.75, 3.05) is 5.73 Å². The Bertz CT molecular complexity index is 599. The number of aryl methyl sites for hydroxylation is 1. The molecule has 4 nitrogen and oxygen atoms in total. The molecule has 1 aromatic carbocycles. The van der Waals surface area contributed by atoms with E-state index in [1.165, 1.54) is 17.4 Å². The zero-order valence-corrected chi connectivity index (χ0v) is 10.7. The quantitative estimate of drug-likeness (QED) is 0.829. The summed E-state index contributed by atoms with van der Waals surface area (Å²) in [4.78, 5) is 16.0. The first-order valence-corrected chi connectivity index (χ1v) is 6.19. The molecule has 0 atom stereocenters. The summed E-state index contributed by atoms with van der Waals surface area (Å²) < 4.78 is 0. The molecule has 5 heteroatoms. The molecule has 0 saturated heterocycles. The van der Waals surface area contributed by atoms with Gasteiger partial charge in [-0.15, -0.1) is 11.3 Å². The van der Waals surface area contributed by atoms with Crippen molar-refractivity contribution >= 4 is 28.5 Å². The Hall–Kier alpha value is -2.14. The summed E-state index contributed by atoms with van der Waals surface area (Å²) in [5, 5.41) is 0.570. The molecule has 0 fully saturated rings. The summed E-state index contributed by atoms with van der Waals surface area (Å²) in [6.07, 6.45) is 3.01. The van der Waals surface area contributed by atoms with Gasteiger partial charge in [-0.3, -0.25) is 4.79 Å². The Morgan fingerprint density at radius 2 is 2.00 bits per heavy atom. The standard InChI is InChI=1S/C13H13N3OS/c1-8-12(16-13(15)18-8)10-5-2-9(3-6-10)4-7-11(14)17/h2-7H,1H3,(H2,14,17)(H2,15,16). The second kappa shape index (κ2) is 5.01. The summed E-state index contributed by atoms with van der Waals surface area (Å²) >= 11 is 1.47. The van der Waals surface area contributed by atoms with Crippen LogP contribution in [0.25, 0.3) is 17.3 Å². The number of nitrogens with zero attached hydrogens (tertiary/aromatic N) is 1. The molecular weight excluding hydrogens is 246 g/mol. The average molecular weight is 259 g/mol. The van der Waals surface area contributed by atoms with Crippen LogP contribution in [-0.2, 0) is 4.79 Å². The SMILES string of the molecule is Cc1sc(N)nc1-c1ccc(C=CC(N)=O)cc1. The van der Waals surface area contributed by atoms with E-state index in [0.29, 0.717) is 5.13 Å². The fraction of sp³-hybridized carbons (Fsp3) is 0.0769. The lowest BCUT2D eigenvalue weighted by Gasteiger charge is -1.99. The van der Waals surface area contributed by atoms with Gasteiger partial charge < -0.3 is 11.5 Å². The van der Waals surface area contributed by atoms with Crippen LogP contribution >= 0.6 is 11.3 Å². The molecular formula is C13H13N3OS.